The summed E-state index contributed by atoms with van der Waals surface area (Å²) in [6.07, 6.45) is 2.06. The number of nitrogens with two attached hydrogens (primary N) is 1. The lowest BCUT2D eigenvalue weighted by molar-refractivity contribution is -0.143. The number of hydrogen-bond donors (Lipinski definition) is 12. The third kappa shape index (κ3) is 12.5. The van der Waals surface area contributed by atoms with Crippen molar-refractivity contribution >= 4 is 41.4 Å². The molecule has 1 fully saturated rings. The van der Waals surface area contributed by atoms with Crippen LogP contribution in [-0.2, 0) is 40.0 Å². The molecule has 8 atom stereocenters. The molecular weight excluding hydrogens is 678 g/mol. The molecule has 1 aromatic heterocycles. The number of hydrogen-bond acceptors (Lipinski definition) is 13. The first kappa shape index (κ1) is 42.5. The van der Waals surface area contributed by atoms with Crippen molar-refractivity contribution in [1.29, 1.82) is 0 Å². The molecule has 13 N–H and O–H groups in total. The summed E-state index contributed by atoms with van der Waals surface area (Å²) >= 11 is 0. The molecule has 0 aromatic carbocycles. The molecule has 1 aromatic rings. The van der Waals surface area contributed by atoms with Gasteiger partial charge >= 0.3 is 5.97 Å². The van der Waals surface area contributed by atoms with Gasteiger partial charge in [0.1, 0.15) is 42.3 Å². The van der Waals surface area contributed by atoms with Gasteiger partial charge in [0, 0.05) is 24.9 Å². The molecule has 21 nitrogen and oxygen atoms in total. The van der Waals surface area contributed by atoms with E-state index in [-0.39, 0.29) is 31.7 Å². The number of aromatic amines is 1. The van der Waals surface area contributed by atoms with Crippen molar-refractivity contribution < 1.29 is 59.1 Å². The predicted molar refractivity (Wildman–Crippen MR) is 175 cm³/mol. The lowest BCUT2D eigenvalue weighted by Crippen LogP contribution is -2.61. The number of carbonyl (C=O) groups is 7. The zero-order valence-corrected chi connectivity index (χ0v) is 28.6. The van der Waals surface area contributed by atoms with Gasteiger partial charge in [-0.3, -0.25) is 28.8 Å². The van der Waals surface area contributed by atoms with E-state index in [2.05, 4.69) is 36.6 Å². The lowest BCUT2D eigenvalue weighted by atomic mass is 10.0. The van der Waals surface area contributed by atoms with Crippen molar-refractivity contribution in [2.75, 3.05) is 26.4 Å². The van der Waals surface area contributed by atoms with Gasteiger partial charge in [-0.2, -0.15) is 0 Å². The van der Waals surface area contributed by atoms with Crippen molar-refractivity contribution in [2.24, 2.45) is 11.7 Å². The highest BCUT2D eigenvalue weighted by atomic mass is 16.4. The van der Waals surface area contributed by atoms with Crippen LogP contribution in [0.15, 0.2) is 12.5 Å². The topological polar surface area (TPSA) is 339 Å². The minimum absolute atomic E-state index is 0.0890. The number of aliphatic carboxylic acids is 1. The second kappa shape index (κ2) is 20.2. The molecule has 1 aliphatic rings. The van der Waals surface area contributed by atoms with Crippen LogP contribution in [0.1, 0.15) is 45.7 Å². The minimum Gasteiger partial charge on any atom is -0.480 e. The summed E-state index contributed by atoms with van der Waals surface area (Å²) < 4.78 is 0. The van der Waals surface area contributed by atoms with E-state index in [4.69, 9.17) is 5.73 Å². The minimum atomic E-state index is -1.72. The van der Waals surface area contributed by atoms with Crippen LogP contribution in [0.3, 0.4) is 0 Å². The van der Waals surface area contributed by atoms with E-state index in [0.29, 0.717) is 12.1 Å². The van der Waals surface area contributed by atoms with E-state index in [1.54, 1.807) is 13.8 Å². The van der Waals surface area contributed by atoms with Gasteiger partial charge in [0.15, 0.2) is 0 Å². The first-order valence-electron chi connectivity index (χ1n) is 16.3. The number of aromatic nitrogens is 2. The largest absolute Gasteiger partial charge is 0.480 e. The predicted octanol–water partition coefficient (Wildman–Crippen LogP) is -5.82. The summed E-state index contributed by atoms with van der Waals surface area (Å²) in [6.45, 7) is 2.18. The Morgan fingerprint density at radius 2 is 1.35 bits per heavy atom. The number of H-pyrrole nitrogens is 1. The molecule has 0 unspecified atom stereocenters. The Kier molecular flexibility index (Phi) is 16.8. The Morgan fingerprint density at radius 1 is 0.843 bits per heavy atom. The summed E-state index contributed by atoms with van der Waals surface area (Å²) in [6, 6.07) is -10.0. The Morgan fingerprint density at radius 3 is 1.82 bits per heavy atom. The number of carbonyl (C=O) groups excluding carboxylic acids is 6. The van der Waals surface area contributed by atoms with E-state index in [9.17, 15) is 59.1 Å². The standard InChI is InChI=1S/C30H49N9O12/c1-14(2)7-17(35-28(48)22-5-4-6-39(22)29(49)23(31)15(3)43)24(44)36-20(11-41)27(47)37-19(10-40)26(46)34-18(8-16-9-32-13-33-16)25(45)38-21(12-42)30(50)51/h9,13-15,17-23,40-43H,4-8,10-12,31H2,1-3H3,(H,32,33)(H,34,46)(H,35,48)(H,36,44)(H,37,47)(H,38,45)(H,50,51)/t15-,17+,18+,19+,20+,21+,22+,23+/m1/s1. The average Bonchev–Trinajstić information content (AvgIpc) is 3.79. The highest BCUT2D eigenvalue weighted by molar-refractivity contribution is 5.97. The maximum atomic E-state index is 13.3. The fourth-order valence-corrected chi connectivity index (χ4v) is 5.16. The van der Waals surface area contributed by atoms with Crippen LogP contribution in [0.4, 0.5) is 0 Å². The van der Waals surface area contributed by atoms with Gasteiger partial charge in [-0.25, -0.2) is 9.78 Å². The third-order valence-corrected chi connectivity index (χ3v) is 8.02. The van der Waals surface area contributed by atoms with Gasteiger partial charge in [0.2, 0.25) is 35.4 Å². The van der Waals surface area contributed by atoms with E-state index in [1.165, 1.54) is 24.3 Å². The summed E-state index contributed by atoms with van der Waals surface area (Å²) in [7, 11) is 0. The Hall–Kier alpha value is -4.70. The van der Waals surface area contributed by atoms with Crippen LogP contribution in [-0.4, -0.2) is 157 Å². The van der Waals surface area contributed by atoms with Crippen molar-refractivity contribution in [2.45, 2.75) is 94.9 Å². The number of aliphatic hydroxyl groups excluding tert-OH is 4. The number of likely N-dealkylation sites (tertiary alicyclic amines) is 1. The van der Waals surface area contributed by atoms with Crippen LogP contribution >= 0.6 is 0 Å². The molecule has 2 heterocycles. The number of carboxylic acid groups (broad SMARTS) is 1. The summed E-state index contributed by atoms with van der Waals surface area (Å²) in [5.74, 6) is -7.09. The summed E-state index contributed by atoms with van der Waals surface area (Å²) in [5.41, 5.74) is 6.13. The summed E-state index contributed by atoms with van der Waals surface area (Å²) in [4.78, 5) is 97.5. The second-order valence-corrected chi connectivity index (χ2v) is 12.6. The fraction of sp³-hybridized carbons (Fsp3) is 0.667. The smallest absolute Gasteiger partial charge is 0.328 e. The Labute approximate surface area is 293 Å². The van der Waals surface area contributed by atoms with Crippen LogP contribution in [0.2, 0.25) is 0 Å². The molecule has 0 bridgehead atoms. The Bertz CT molecular complexity index is 1360. The number of nitrogens with zero attached hydrogens (tertiary/aromatic N) is 2. The molecule has 2 rings (SSSR count). The van der Waals surface area contributed by atoms with Crippen molar-refractivity contribution in [3.8, 4) is 0 Å². The SMILES string of the molecule is CC(C)C[C@H](NC(=O)[C@@H]1CCCN1C(=O)[C@@H](N)[C@@H](C)O)C(=O)N[C@@H](CO)C(=O)N[C@@H](CO)C(=O)N[C@@H](Cc1cnc[nH]1)C(=O)N[C@@H](CO)C(=O)O. The number of carboxylic acids is 1. The molecule has 21 heteroatoms. The first-order chi connectivity index (χ1) is 24.0. The zero-order chi connectivity index (χ0) is 38.4. The van der Waals surface area contributed by atoms with Gasteiger partial charge < -0.3 is 67.7 Å². The van der Waals surface area contributed by atoms with Crippen LogP contribution in [0.25, 0.3) is 0 Å². The average molecular weight is 728 g/mol. The molecule has 0 spiro atoms. The molecule has 51 heavy (non-hydrogen) atoms. The molecule has 0 radical (unpaired) electrons. The second-order valence-electron chi connectivity index (χ2n) is 12.6. The monoisotopic (exact) mass is 727 g/mol. The normalized spacial score (nSPS) is 18.4. The van der Waals surface area contributed by atoms with E-state index in [0.717, 1.165) is 0 Å². The van der Waals surface area contributed by atoms with E-state index in [1.807, 2.05) is 0 Å². The van der Waals surface area contributed by atoms with Gasteiger partial charge in [-0.1, -0.05) is 13.8 Å². The van der Waals surface area contributed by atoms with Crippen LogP contribution < -0.4 is 32.3 Å². The highest BCUT2D eigenvalue weighted by Gasteiger charge is 2.39. The number of amides is 6. The van der Waals surface area contributed by atoms with Gasteiger partial charge in [0.05, 0.1) is 32.3 Å². The number of aliphatic hydroxyl groups is 4. The number of rotatable bonds is 20. The van der Waals surface area contributed by atoms with Gasteiger partial charge in [-0.15, -0.1) is 0 Å². The van der Waals surface area contributed by atoms with Crippen molar-refractivity contribution in [3.05, 3.63) is 18.2 Å². The molecule has 0 aliphatic carbocycles. The first-order valence-corrected chi connectivity index (χ1v) is 16.3. The van der Waals surface area contributed by atoms with Crippen molar-refractivity contribution in [3.63, 3.8) is 0 Å². The third-order valence-electron chi connectivity index (χ3n) is 8.02. The molecule has 0 saturated carbocycles. The van der Waals surface area contributed by atoms with E-state index >= 15 is 0 Å². The zero-order valence-electron chi connectivity index (χ0n) is 28.6. The van der Waals surface area contributed by atoms with Gasteiger partial charge in [0.25, 0.3) is 0 Å². The van der Waals surface area contributed by atoms with Crippen LogP contribution in [0.5, 0.6) is 0 Å². The van der Waals surface area contributed by atoms with Crippen molar-refractivity contribution in [1.82, 2.24) is 41.5 Å². The molecular formula is C30H49N9O12. The number of nitrogens with one attached hydrogen (secondary N) is 6. The van der Waals surface area contributed by atoms with Gasteiger partial charge in [-0.05, 0) is 32.1 Å². The molecule has 6 amide bonds. The molecule has 1 aliphatic heterocycles. The lowest BCUT2D eigenvalue weighted by Gasteiger charge is -2.30. The molecule has 286 valence electrons. The maximum absolute atomic E-state index is 13.3. The Balaban J connectivity index is 2.14. The summed E-state index contributed by atoms with van der Waals surface area (Å²) in [5, 5.41) is 59.5. The maximum Gasteiger partial charge on any atom is 0.328 e. The van der Waals surface area contributed by atoms with Crippen LogP contribution in [0, 0.1) is 5.92 Å². The molecule has 1 saturated heterocycles. The highest BCUT2D eigenvalue weighted by Crippen LogP contribution is 2.20. The van der Waals surface area contributed by atoms with E-state index < -0.39 is 110 Å². The quantitative estimate of drug-likeness (QED) is 0.0596. The fourth-order valence-electron chi connectivity index (χ4n) is 5.16. The number of imidazole rings is 1.